The zero-order valence-corrected chi connectivity index (χ0v) is 23.4. The van der Waals surface area contributed by atoms with Crippen LogP contribution in [0.1, 0.15) is 52.0 Å². The fourth-order valence-electron chi connectivity index (χ4n) is 4.12. The Morgan fingerprint density at radius 1 is 1.12 bits per heavy atom. The van der Waals surface area contributed by atoms with Gasteiger partial charge in [0.25, 0.3) is 0 Å². The molecule has 1 aromatic rings. The van der Waals surface area contributed by atoms with E-state index in [4.69, 9.17) is 18.6 Å². The number of rotatable bonds is 11. The first kappa shape index (κ1) is 26.1. The molecule has 1 saturated heterocycles. The van der Waals surface area contributed by atoms with Crippen LogP contribution in [0.4, 0.5) is 0 Å². The van der Waals surface area contributed by atoms with E-state index in [0.29, 0.717) is 20.0 Å². The molecule has 2 heterocycles. The summed E-state index contributed by atoms with van der Waals surface area (Å²) < 4.78 is 27.5. The van der Waals surface area contributed by atoms with Crippen LogP contribution >= 0.6 is 22.6 Å². The van der Waals surface area contributed by atoms with E-state index in [2.05, 4.69) is 90.9 Å². The summed E-state index contributed by atoms with van der Waals surface area (Å²) in [5, 5.41) is 0.171. The second-order valence-corrected chi connectivity index (χ2v) is 16.2. The van der Waals surface area contributed by atoms with E-state index in [0.717, 1.165) is 31.2 Å². The maximum atomic E-state index is 6.76. The van der Waals surface area contributed by atoms with Crippen LogP contribution in [0.2, 0.25) is 18.1 Å². The maximum Gasteiger partial charge on any atom is 0.192 e. The Labute approximate surface area is 209 Å². The zero-order chi connectivity index (χ0) is 23.3. The molecule has 2 aliphatic heterocycles. The van der Waals surface area contributed by atoms with E-state index in [9.17, 15) is 0 Å². The van der Waals surface area contributed by atoms with Gasteiger partial charge in [0.2, 0.25) is 0 Å². The minimum Gasteiger partial charge on any atom is -0.414 e. The minimum atomic E-state index is -1.87. The molecule has 0 radical (unpaired) electrons. The lowest BCUT2D eigenvalue weighted by atomic mass is 9.86. The summed E-state index contributed by atoms with van der Waals surface area (Å²) in [6.07, 6.45) is 10.4. The number of halogens is 1. The lowest BCUT2D eigenvalue weighted by Gasteiger charge is -2.46. The minimum absolute atomic E-state index is 0.0844. The van der Waals surface area contributed by atoms with Gasteiger partial charge < -0.3 is 18.6 Å². The van der Waals surface area contributed by atoms with Crippen LogP contribution in [0.3, 0.4) is 0 Å². The Morgan fingerprint density at radius 2 is 1.81 bits per heavy atom. The van der Waals surface area contributed by atoms with Crippen molar-refractivity contribution in [2.45, 2.75) is 88.5 Å². The van der Waals surface area contributed by atoms with Crippen molar-refractivity contribution in [1.82, 2.24) is 0 Å². The average molecular weight is 571 g/mol. The largest absolute Gasteiger partial charge is 0.414 e. The molecule has 0 spiro atoms. The van der Waals surface area contributed by atoms with Crippen LogP contribution in [0, 0.1) is 0 Å². The van der Waals surface area contributed by atoms with E-state index >= 15 is 0 Å². The Bertz CT molecular complexity index is 789. The molecule has 0 unspecified atom stereocenters. The van der Waals surface area contributed by atoms with Crippen molar-refractivity contribution in [2.24, 2.45) is 0 Å². The van der Waals surface area contributed by atoms with Crippen LogP contribution in [0.25, 0.3) is 0 Å². The van der Waals surface area contributed by atoms with Crippen LogP contribution < -0.4 is 0 Å². The molecule has 0 saturated carbocycles. The van der Waals surface area contributed by atoms with E-state index in [1.807, 2.05) is 18.2 Å². The predicted molar refractivity (Wildman–Crippen MR) is 141 cm³/mol. The molecule has 1 aromatic carbocycles. The molecule has 32 heavy (non-hydrogen) atoms. The van der Waals surface area contributed by atoms with Crippen LogP contribution in [0.5, 0.6) is 0 Å². The number of hydrogen-bond acceptors (Lipinski definition) is 4. The molecule has 3 atom stereocenters. The zero-order valence-electron chi connectivity index (χ0n) is 20.2. The molecular weight excluding hydrogens is 531 g/mol. The lowest BCUT2D eigenvalue weighted by molar-refractivity contribution is -0.203. The highest BCUT2D eigenvalue weighted by Crippen LogP contribution is 2.48. The first-order valence-electron chi connectivity index (χ1n) is 11.6. The molecule has 0 amide bonds. The predicted octanol–water partition coefficient (Wildman–Crippen LogP) is 7.15. The summed E-state index contributed by atoms with van der Waals surface area (Å²) in [4.78, 5) is 0. The van der Waals surface area contributed by atoms with Gasteiger partial charge in [-0.25, -0.2) is 0 Å². The van der Waals surface area contributed by atoms with E-state index < -0.39 is 13.9 Å². The van der Waals surface area contributed by atoms with Gasteiger partial charge in [0.15, 0.2) is 8.32 Å². The SMILES string of the molecule is CC(C)(C)[Si](C)(C)OC[C@]12C=C[C@](CC/C=C\I)(C[C@H](OCOCc3ccccc3)C1)O2. The normalized spacial score (nSPS) is 28.0. The van der Waals surface area contributed by atoms with Crippen molar-refractivity contribution in [2.75, 3.05) is 13.4 Å². The lowest BCUT2D eigenvalue weighted by Crippen LogP contribution is -2.53. The quantitative estimate of drug-likeness (QED) is 0.0931. The van der Waals surface area contributed by atoms with Crippen molar-refractivity contribution in [3.05, 3.63) is 58.2 Å². The highest BCUT2D eigenvalue weighted by atomic mass is 127. The number of hydrogen-bond donors (Lipinski definition) is 0. The molecule has 0 N–H and O–H groups in total. The van der Waals surface area contributed by atoms with Crippen molar-refractivity contribution < 1.29 is 18.6 Å². The summed E-state index contributed by atoms with van der Waals surface area (Å²) in [6.45, 7) is 12.9. The highest BCUT2D eigenvalue weighted by molar-refractivity contribution is 14.1. The Morgan fingerprint density at radius 3 is 2.50 bits per heavy atom. The van der Waals surface area contributed by atoms with Gasteiger partial charge in [0, 0.05) is 12.8 Å². The molecule has 2 aliphatic rings. The van der Waals surface area contributed by atoms with Crippen LogP contribution in [-0.2, 0) is 25.2 Å². The summed E-state index contributed by atoms with van der Waals surface area (Å²) >= 11 is 2.28. The number of ether oxygens (including phenoxy) is 3. The van der Waals surface area contributed by atoms with E-state index in [-0.39, 0.29) is 16.7 Å². The van der Waals surface area contributed by atoms with Crippen molar-refractivity contribution >= 4 is 30.9 Å². The Kier molecular flexibility index (Phi) is 8.83. The van der Waals surface area contributed by atoms with Gasteiger partial charge in [-0.15, -0.1) is 0 Å². The second-order valence-electron chi connectivity index (χ2n) is 10.7. The smallest absolute Gasteiger partial charge is 0.192 e. The molecular formula is C26H39IO4Si. The third-order valence-corrected chi connectivity index (χ3v) is 12.0. The summed E-state index contributed by atoms with van der Waals surface area (Å²) in [5.74, 6) is 0. The monoisotopic (exact) mass is 570 g/mol. The molecule has 4 nitrogen and oxygen atoms in total. The summed E-state index contributed by atoms with van der Waals surface area (Å²) in [7, 11) is -1.87. The van der Waals surface area contributed by atoms with Crippen LogP contribution in [-0.4, -0.2) is 39.0 Å². The third-order valence-electron chi connectivity index (χ3n) is 7.05. The van der Waals surface area contributed by atoms with Gasteiger partial charge in [-0.3, -0.25) is 0 Å². The average Bonchev–Trinajstić information content (AvgIpc) is 3.01. The van der Waals surface area contributed by atoms with Gasteiger partial charge in [0.05, 0.1) is 24.9 Å². The first-order chi connectivity index (χ1) is 15.1. The molecule has 0 aliphatic carbocycles. The molecule has 3 rings (SSSR count). The molecule has 0 aromatic heterocycles. The van der Waals surface area contributed by atoms with Gasteiger partial charge in [0.1, 0.15) is 12.4 Å². The fraction of sp³-hybridized carbons (Fsp3) is 0.615. The molecule has 2 bridgehead atoms. The van der Waals surface area contributed by atoms with Gasteiger partial charge in [-0.05, 0) is 40.6 Å². The highest BCUT2D eigenvalue weighted by Gasteiger charge is 2.52. The summed E-state index contributed by atoms with van der Waals surface area (Å²) in [5.41, 5.74) is 0.465. The van der Waals surface area contributed by atoms with E-state index in [1.54, 1.807) is 0 Å². The van der Waals surface area contributed by atoms with Gasteiger partial charge >= 0.3 is 0 Å². The van der Waals surface area contributed by atoms with Gasteiger partial charge in [-0.2, -0.15) is 0 Å². The summed E-state index contributed by atoms with van der Waals surface area (Å²) in [6, 6.07) is 10.2. The van der Waals surface area contributed by atoms with E-state index in [1.165, 1.54) is 0 Å². The Hall–Kier alpha value is -0.513. The van der Waals surface area contributed by atoms with Crippen molar-refractivity contribution in [3.8, 4) is 0 Å². The second kappa shape index (κ2) is 10.8. The van der Waals surface area contributed by atoms with Crippen molar-refractivity contribution in [1.29, 1.82) is 0 Å². The van der Waals surface area contributed by atoms with Crippen LogP contribution in [0.15, 0.2) is 52.6 Å². The fourth-order valence-corrected chi connectivity index (χ4v) is 5.52. The molecule has 1 fully saturated rings. The molecule has 178 valence electrons. The number of allylic oxidation sites excluding steroid dienone is 1. The maximum absolute atomic E-state index is 6.76. The molecule has 6 heteroatoms. The number of fused-ring (bicyclic) bond motifs is 2. The Balaban J connectivity index is 1.62. The van der Waals surface area contributed by atoms with Crippen molar-refractivity contribution in [3.63, 3.8) is 0 Å². The topological polar surface area (TPSA) is 36.9 Å². The van der Waals surface area contributed by atoms with Gasteiger partial charge in [-0.1, -0.05) is 91.9 Å². The standard InChI is InChI=1S/C26H39IO4Si/c1-24(2,3)32(4,5)30-20-26-15-14-25(31-26,13-9-10-16-27)17-23(18-26)29-21-28-19-22-11-7-6-8-12-22/h6-8,10-12,14-16,23H,9,13,17-21H2,1-5H3/b16-10-/t23-,25+,26-/m0/s1. The third kappa shape index (κ3) is 6.76. The number of benzene rings is 1. The first-order valence-corrected chi connectivity index (χ1v) is 15.8.